The van der Waals surface area contributed by atoms with Crippen molar-refractivity contribution in [1.82, 2.24) is 0 Å². The summed E-state index contributed by atoms with van der Waals surface area (Å²) in [5, 5.41) is 11.5. The van der Waals surface area contributed by atoms with Gasteiger partial charge >= 0.3 is 5.97 Å². The molecule has 138 valence electrons. The van der Waals surface area contributed by atoms with Gasteiger partial charge in [-0.15, -0.1) is 11.8 Å². The highest BCUT2D eigenvalue weighted by molar-refractivity contribution is 7.99. The highest BCUT2D eigenvalue weighted by atomic mass is 32.2. The number of nitrogens with one attached hydrogen (secondary N) is 1. The number of carboxylic acids is 1. The molecule has 0 heterocycles. The molecule has 0 aromatic heterocycles. The second-order valence-corrected chi connectivity index (χ2v) is 6.89. The van der Waals surface area contributed by atoms with E-state index in [1.807, 2.05) is 55.5 Å². The lowest BCUT2D eigenvalue weighted by molar-refractivity contribution is -0.133. The molecule has 0 fully saturated rings. The zero-order valence-electron chi connectivity index (χ0n) is 14.7. The van der Waals surface area contributed by atoms with Crippen molar-refractivity contribution < 1.29 is 19.4 Å². The minimum atomic E-state index is -0.827. The van der Waals surface area contributed by atoms with Crippen LogP contribution in [0, 0.1) is 6.92 Å². The van der Waals surface area contributed by atoms with Gasteiger partial charge in [-0.1, -0.05) is 24.3 Å². The van der Waals surface area contributed by atoms with Crippen molar-refractivity contribution in [2.75, 3.05) is 17.7 Å². The lowest BCUT2D eigenvalue weighted by Gasteiger charge is -2.09. The summed E-state index contributed by atoms with van der Waals surface area (Å²) < 4.78 is 5.64. The maximum Gasteiger partial charge on any atom is 0.313 e. The molecule has 0 bridgehead atoms. The molecule has 5 nitrogen and oxygen atoms in total. The van der Waals surface area contributed by atoms with E-state index in [0.29, 0.717) is 25.2 Å². The van der Waals surface area contributed by atoms with Gasteiger partial charge in [0.2, 0.25) is 5.91 Å². The quantitative estimate of drug-likeness (QED) is 0.613. The van der Waals surface area contributed by atoms with Crippen LogP contribution in [0.5, 0.6) is 5.75 Å². The van der Waals surface area contributed by atoms with Crippen molar-refractivity contribution in [2.45, 2.75) is 25.5 Å². The molecular formula is C20H23NO4S. The number of rotatable bonds is 10. The zero-order valence-corrected chi connectivity index (χ0v) is 15.6. The molecule has 2 aromatic rings. The van der Waals surface area contributed by atoms with Gasteiger partial charge in [0.05, 0.1) is 12.4 Å². The summed E-state index contributed by atoms with van der Waals surface area (Å²) in [5.74, 6) is 0.593. The molecule has 0 aliphatic heterocycles. The van der Waals surface area contributed by atoms with Crippen LogP contribution in [0.2, 0.25) is 0 Å². The van der Waals surface area contributed by atoms with E-state index in [0.717, 1.165) is 22.6 Å². The number of carboxylic acid groups (broad SMARTS) is 1. The Morgan fingerprint density at radius 1 is 1.15 bits per heavy atom. The third-order valence-corrected chi connectivity index (χ3v) is 4.50. The van der Waals surface area contributed by atoms with E-state index in [-0.39, 0.29) is 11.7 Å². The molecule has 0 radical (unpaired) electrons. The zero-order chi connectivity index (χ0) is 18.8. The van der Waals surface area contributed by atoms with Crippen molar-refractivity contribution in [1.29, 1.82) is 0 Å². The van der Waals surface area contributed by atoms with Crippen LogP contribution in [0.3, 0.4) is 0 Å². The summed E-state index contributed by atoms with van der Waals surface area (Å²) in [4.78, 5) is 22.6. The SMILES string of the molecule is Cc1cccc(OCCCC(=O)Nc2cccc(CSCC(=O)O)c2)c1. The van der Waals surface area contributed by atoms with Gasteiger partial charge < -0.3 is 15.2 Å². The van der Waals surface area contributed by atoms with Crippen LogP contribution >= 0.6 is 11.8 Å². The first-order chi connectivity index (χ1) is 12.5. The Balaban J connectivity index is 1.71. The number of ether oxygens (including phenoxy) is 1. The number of thioether (sulfide) groups is 1. The first-order valence-electron chi connectivity index (χ1n) is 8.41. The van der Waals surface area contributed by atoms with E-state index >= 15 is 0 Å². The Kier molecular flexibility index (Phi) is 8.02. The number of benzene rings is 2. The van der Waals surface area contributed by atoms with Crippen LogP contribution in [-0.4, -0.2) is 29.3 Å². The molecule has 0 saturated heterocycles. The highest BCUT2D eigenvalue weighted by Crippen LogP contribution is 2.17. The van der Waals surface area contributed by atoms with Crippen LogP contribution in [-0.2, 0) is 15.3 Å². The number of anilines is 1. The number of aliphatic carboxylic acids is 1. The molecule has 0 aliphatic carbocycles. The Labute approximate surface area is 157 Å². The first kappa shape index (κ1) is 19.8. The molecule has 1 amide bonds. The first-order valence-corrected chi connectivity index (χ1v) is 9.56. The Bertz CT molecular complexity index is 748. The van der Waals surface area contributed by atoms with Crippen molar-refractivity contribution in [2.24, 2.45) is 0 Å². The molecule has 0 atom stereocenters. The number of amides is 1. The second kappa shape index (κ2) is 10.5. The predicted molar refractivity (Wildman–Crippen MR) is 105 cm³/mol. The smallest absolute Gasteiger partial charge is 0.313 e. The molecule has 0 aliphatic rings. The standard InChI is InChI=1S/C20H23NO4S/c1-15-5-2-8-18(11-15)25-10-4-9-19(22)21-17-7-3-6-16(12-17)13-26-14-20(23)24/h2-3,5-8,11-12H,4,9-10,13-14H2,1H3,(H,21,22)(H,23,24). The van der Waals surface area contributed by atoms with E-state index in [4.69, 9.17) is 9.84 Å². The predicted octanol–water partition coefficient (Wildman–Crippen LogP) is 4.11. The normalized spacial score (nSPS) is 10.3. The fourth-order valence-corrected chi connectivity index (χ4v) is 3.04. The highest BCUT2D eigenvalue weighted by Gasteiger charge is 2.05. The molecule has 0 spiro atoms. The Morgan fingerprint density at radius 3 is 2.73 bits per heavy atom. The Hall–Kier alpha value is -2.47. The molecule has 6 heteroatoms. The lowest BCUT2D eigenvalue weighted by atomic mass is 10.2. The summed E-state index contributed by atoms with van der Waals surface area (Å²) in [6, 6.07) is 15.3. The summed E-state index contributed by atoms with van der Waals surface area (Å²) in [5.41, 5.74) is 2.85. The lowest BCUT2D eigenvalue weighted by Crippen LogP contribution is -2.13. The van der Waals surface area contributed by atoms with E-state index < -0.39 is 5.97 Å². The van der Waals surface area contributed by atoms with E-state index in [1.165, 1.54) is 11.8 Å². The third-order valence-electron chi connectivity index (χ3n) is 3.51. The van der Waals surface area contributed by atoms with Gasteiger partial charge in [0.15, 0.2) is 0 Å². The number of carbonyl (C=O) groups excluding carboxylic acids is 1. The van der Waals surface area contributed by atoms with Gasteiger partial charge in [0.25, 0.3) is 0 Å². The maximum absolute atomic E-state index is 12.0. The minimum Gasteiger partial charge on any atom is -0.494 e. The van der Waals surface area contributed by atoms with Gasteiger partial charge in [0, 0.05) is 17.9 Å². The third kappa shape index (κ3) is 7.61. The summed E-state index contributed by atoms with van der Waals surface area (Å²) in [7, 11) is 0. The average Bonchev–Trinajstić information content (AvgIpc) is 2.59. The van der Waals surface area contributed by atoms with Gasteiger partial charge in [-0.05, 0) is 48.7 Å². The number of hydrogen-bond donors (Lipinski definition) is 2. The molecule has 26 heavy (non-hydrogen) atoms. The average molecular weight is 373 g/mol. The maximum atomic E-state index is 12.0. The van der Waals surface area contributed by atoms with Crippen LogP contribution in [0.15, 0.2) is 48.5 Å². The fraction of sp³-hybridized carbons (Fsp3) is 0.300. The number of carbonyl (C=O) groups is 2. The van der Waals surface area contributed by atoms with E-state index in [2.05, 4.69) is 5.32 Å². The van der Waals surface area contributed by atoms with Crippen LogP contribution in [0.1, 0.15) is 24.0 Å². The summed E-state index contributed by atoms with van der Waals surface area (Å²) in [6.07, 6.45) is 1.01. The number of hydrogen-bond acceptors (Lipinski definition) is 4. The molecule has 2 rings (SSSR count). The minimum absolute atomic E-state index is 0.0619. The summed E-state index contributed by atoms with van der Waals surface area (Å²) >= 11 is 1.33. The van der Waals surface area contributed by atoms with Crippen LogP contribution in [0.25, 0.3) is 0 Å². The van der Waals surface area contributed by atoms with Crippen molar-refractivity contribution >= 4 is 29.3 Å². The Morgan fingerprint density at radius 2 is 1.96 bits per heavy atom. The van der Waals surface area contributed by atoms with Crippen molar-refractivity contribution in [3.05, 3.63) is 59.7 Å². The van der Waals surface area contributed by atoms with E-state index in [9.17, 15) is 9.59 Å². The van der Waals surface area contributed by atoms with Gasteiger partial charge in [-0.2, -0.15) is 0 Å². The topological polar surface area (TPSA) is 75.6 Å². The molecular weight excluding hydrogens is 350 g/mol. The van der Waals surface area contributed by atoms with Crippen molar-refractivity contribution in [3.63, 3.8) is 0 Å². The van der Waals surface area contributed by atoms with Gasteiger partial charge in [-0.3, -0.25) is 9.59 Å². The molecule has 0 saturated carbocycles. The molecule has 2 aromatic carbocycles. The van der Waals surface area contributed by atoms with E-state index in [1.54, 1.807) is 0 Å². The number of aryl methyl sites for hydroxylation is 1. The molecule has 0 unspecified atom stereocenters. The van der Waals surface area contributed by atoms with Crippen LogP contribution < -0.4 is 10.1 Å². The molecule has 2 N–H and O–H groups in total. The van der Waals surface area contributed by atoms with Gasteiger partial charge in [0.1, 0.15) is 5.75 Å². The largest absolute Gasteiger partial charge is 0.494 e. The van der Waals surface area contributed by atoms with Crippen molar-refractivity contribution in [3.8, 4) is 5.75 Å². The fourth-order valence-electron chi connectivity index (χ4n) is 2.35. The van der Waals surface area contributed by atoms with Crippen LogP contribution in [0.4, 0.5) is 5.69 Å². The van der Waals surface area contributed by atoms with Gasteiger partial charge in [-0.25, -0.2) is 0 Å². The second-order valence-electron chi connectivity index (χ2n) is 5.90. The summed E-state index contributed by atoms with van der Waals surface area (Å²) in [6.45, 7) is 2.50. The monoisotopic (exact) mass is 373 g/mol.